The molecule has 2 heterocycles. The van der Waals surface area contributed by atoms with Crippen molar-refractivity contribution in [3.05, 3.63) is 47.0 Å². The van der Waals surface area contributed by atoms with Crippen molar-refractivity contribution >= 4 is 5.91 Å². The van der Waals surface area contributed by atoms with Crippen molar-refractivity contribution in [2.24, 2.45) is 0 Å². The number of nitrogens with one attached hydrogen (secondary N) is 1. The molecule has 2 aromatic rings. The van der Waals surface area contributed by atoms with Gasteiger partial charge in [0.15, 0.2) is 5.82 Å². The van der Waals surface area contributed by atoms with Crippen LogP contribution in [0.1, 0.15) is 28.2 Å². The lowest BCUT2D eigenvalue weighted by Gasteiger charge is -2.07. The molecular formula is C14H16F2N4O. The molecule has 0 aliphatic rings. The molecule has 0 radical (unpaired) electrons. The first kappa shape index (κ1) is 15.1. The number of carbonyl (C=O) groups is 1. The summed E-state index contributed by atoms with van der Waals surface area (Å²) in [4.78, 5) is 14.9. The lowest BCUT2D eigenvalue weighted by Crippen LogP contribution is -2.26. The summed E-state index contributed by atoms with van der Waals surface area (Å²) < 4.78 is 28.1. The summed E-state index contributed by atoms with van der Waals surface area (Å²) in [6.07, 6.45) is 1.70. The number of halogens is 2. The number of hydrogen-bond acceptors (Lipinski definition) is 3. The predicted octanol–water partition coefficient (Wildman–Crippen LogP) is 1.99. The maximum absolute atomic E-state index is 13.4. The van der Waals surface area contributed by atoms with Gasteiger partial charge in [-0.1, -0.05) is 0 Å². The van der Waals surface area contributed by atoms with Gasteiger partial charge in [-0.2, -0.15) is 9.49 Å². The Labute approximate surface area is 121 Å². The second kappa shape index (κ2) is 6.43. The summed E-state index contributed by atoms with van der Waals surface area (Å²) >= 11 is 0. The van der Waals surface area contributed by atoms with E-state index >= 15 is 0 Å². The Balaban J connectivity index is 1.85. The average Bonchev–Trinajstić information content (AvgIpc) is 2.76. The van der Waals surface area contributed by atoms with Crippen LogP contribution in [0.4, 0.5) is 8.78 Å². The van der Waals surface area contributed by atoms with Gasteiger partial charge in [0, 0.05) is 25.0 Å². The van der Waals surface area contributed by atoms with Crippen molar-refractivity contribution < 1.29 is 13.6 Å². The Bertz CT molecular complexity index is 654. The maximum Gasteiger partial charge on any atom is 0.254 e. The molecule has 1 N–H and O–H groups in total. The Morgan fingerprint density at radius 1 is 1.38 bits per heavy atom. The standard InChI is InChI=1S/C14H16F2N4O/c1-9-8-10(2)20(19-9)7-3-5-18-14(21)11-4-6-17-13(16)12(11)15/h4,6,8H,3,5,7H2,1-2H3,(H,18,21). The molecule has 0 saturated carbocycles. The van der Waals surface area contributed by atoms with Crippen molar-refractivity contribution in [3.8, 4) is 0 Å². The molecule has 0 aliphatic carbocycles. The molecule has 0 bridgehead atoms. The SMILES string of the molecule is Cc1cc(C)n(CCCNC(=O)c2ccnc(F)c2F)n1. The summed E-state index contributed by atoms with van der Waals surface area (Å²) in [6, 6.07) is 3.11. The predicted molar refractivity (Wildman–Crippen MR) is 72.8 cm³/mol. The summed E-state index contributed by atoms with van der Waals surface area (Å²) in [7, 11) is 0. The number of carbonyl (C=O) groups excluding carboxylic acids is 1. The molecule has 0 saturated heterocycles. The normalized spacial score (nSPS) is 10.7. The van der Waals surface area contributed by atoms with E-state index in [0.29, 0.717) is 19.5 Å². The van der Waals surface area contributed by atoms with Crippen molar-refractivity contribution in [1.29, 1.82) is 0 Å². The zero-order valence-corrected chi connectivity index (χ0v) is 11.9. The van der Waals surface area contributed by atoms with Crippen molar-refractivity contribution in [1.82, 2.24) is 20.1 Å². The van der Waals surface area contributed by atoms with Crippen molar-refractivity contribution in [2.75, 3.05) is 6.54 Å². The highest BCUT2D eigenvalue weighted by atomic mass is 19.2. The van der Waals surface area contributed by atoms with Crippen LogP contribution in [0.2, 0.25) is 0 Å². The zero-order valence-electron chi connectivity index (χ0n) is 11.9. The number of hydrogen-bond donors (Lipinski definition) is 1. The summed E-state index contributed by atoms with van der Waals surface area (Å²) in [6.45, 7) is 4.85. The molecule has 2 aromatic heterocycles. The molecule has 0 aliphatic heterocycles. The van der Waals surface area contributed by atoms with Crippen LogP contribution in [0.5, 0.6) is 0 Å². The van der Waals surface area contributed by atoms with Gasteiger partial charge in [-0.3, -0.25) is 9.48 Å². The van der Waals surface area contributed by atoms with Gasteiger partial charge >= 0.3 is 0 Å². The fourth-order valence-corrected chi connectivity index (χ4v) is 2.02. The minimum atomic E-state index is -1.27. The fraction of sp³-hybridized carbons (Fsp3) is 0.357. The van der Waals surface area contributed by atoms with Crippen LogP contribution in [0.25, 0.3) is 0 Å². The van der Waals surface area contributed by atoms with Gasteiger partial charge < -0.3 is 5.32 Å². The third-order valence-corrected chi connectivity index (χ3v) is 3.03. The van der Waals surface area contributed by atoms with Crippen LogP contribution in [0.15, 0.2) is 18.3 Å². The van der Waals surface area contributed by atoms with Gasteiger partial charge in [-0.25, -0.2) is 9.37 Å². The van der Waals surface area contributed by atoms with E-state index in [0.717, 1.165) is 23.7 Å². The first-order valence-electron chi connectivity index (χ1n) is 6.58. The molecule has 0 unspecified atom stereocenters. The molecule has 0 fully saturated rings. The van der Waals surface area contributed by atoms with Crippen molar-refractivity contribution in [3.63, 3.8) is 0 Å². The smallest absolute Gasteiger partial charge is 0.254 e. The van der Waals surface area contributed by atoms with E-state index in [-0.39, 0.29) is 5.56 Å². The number of amides is 1. The van der Waals surface area contributed by atoms with E-state index in [4.69, 9.17) is 0 Å². The molecule has 0 spiro atoms. The van der Waals surface area contributed by atoms with E-state index in [2.05, 4.69) is 15.4 Å². The number of rotatable bonds is 5. The summed E-state index contributed by atoms with van der Waals surface area (Å²) in [5, 5.41) is 6.85. The zero-order chi connectivity index (χ0) is 15.4. The highest BCUT2D eigenvalue weighted by molar-refractivity contribution is 5.94. The van der Waals surface area contributed by atoms with E-state index in [1.165, 1.54) is 0 Å². The minimum Gasteiger partial charge on any atom is -0.352 e. The largest absolute Gasteiger partial charge is 0.352 e. The van der Waals surface area contributed by atoms with Gasteiger partial charge in [0.05, 0.1) is 11.3 Å². The summed E-state index contributed by atoms with van der Waals surface area (Å²) in [5.41, 5.74) is 1.64. The number of aryl methyl sites for hydroxylation is 3. The van der Waals surface area contributed by atoms with Crippen LogP contribution in [0.3, 0.4) is 0 Å². The third-order valence-electron chi connectivity index (χ3n) is 3.03. The second-order valence-corrected chi connectivity index (χ2v) is 4.72. The van der Waals surface area contributed by atoms with Gasteiger partial charge in [-0.05, 0) is 32.4 Å². The molecule has 21 heavy (non-hydrogen) atoms. The molecule has 0 aromatic carbocycles. The van der Waals surface area contributed by atoms with E-state index in [9.17, 15) is 13.6 Å². The lowest BCUT2D eigenvalue weighted by atomic mass is 10.2. The molecular weight excluding hydrogens is 278 g/mol. The molecule has 5 nitrogen and oxygen atoms in total. The quantitative estimate of drug-likeness (QED) is 0.677. The number of pyridine rings is 1. The van der Waals surface area contributed by atoms with Gasteiger partial charge in [0.1, 0.15) is 0 Å². The number of nitrogens with zero attached hydrogens (tertiary/aromatic N) is 3. The van der Waals surface area contributed by atoms with E-state index in [1.807, 2.05) is 24.6 Å². The Hall–Kier alpha value is -2.31. The molecule has 7 heteroatoms. The maximum atomic E-state index is 13.4. The second-order valence-electron chi connectivity index (χ2n) is 4.72. The van der Waals surface area contributed by atoms with Crippen LogP contribution >= 0.6 is 0 Å². The molecule has 112 valence electrons. The minimum absolute atomic E-state index is 0.339. The number of aromatic nitrogens is 3. The van der Waals surface area contributed by atoms with Gasteiger partial charge in [-0.15, -0.1) is 0 Å². The molecule has 0 atom stereocenters. The Morgan fingerprint density at radius 3 is 2.81 bits per heavy atom. The van der Waals surface area contributed by atoms with E-state index < -0.39 is 17.7 Å². The monoisotopic (exact) mass is 294 g/mol. The third kappa shape index (κ3) is 3.62. The Kier molecular flexibility index (Phi) is 4.62. The van der Waals surface area contributed by atoms with Crippen molar-refractivity contribution in [2.45, 2.75) is 26.8 Å². The highest BCUT2D eigenvalue weighted by Gasteiger charge is 2.15. The Morgan fingerprint density at radius 2 is 2.14 bits per heavy atom. The van der Waals surface area contributed by atoms with Gasteiger partial charge in [0.25, 0.3) is 5.91 Å². The van der Waals surface area contributed by atoms with Crippen LogP contribution < -0.4 is 5.32 Å². The van der Waals surface area contributed by atoms with Crippen LogP contribution in [-0.4, -0.2) is 27.2 Å². The fourth-order valence-electron chi connectivity index (χ4n) is 2.02. The highest BCUT2D eigenvalue weighted by Crippen LogP contribution is 2.08. The first-order chi connectivity index (χ1) is 9.99. The topological polar surface area (TPSA) is 59.8 Å². The average molecular weight is 294 g/mol. The van der Waals surface area contributed by atoms with Gasteiger partial charge in [0.2, 0.25) is 5.95 Å². The summed E-state index contributed by atoms with van der Waals surface area (Å²) in [5.74, 6) is -3.15. The van der Waals surface area contributed by atoms with Crippen LogP contribution in [0, 0.1) is 25.6 Å². The van der Waals surface area contributed by atoms with E-state index in [1.54, 1.807) is 0 Å². The first-order valence-corrected chi connectivity index (χ1v) is 6.58. The molecule has 2 rings (SSSR count). The lowest BCUT2D eigenvalue weighted by molar-refractivity contribution is 0.0947. The molecule has 1 amide bonds. The van der Waals surface area contributed by atoms with Crippen LogP contribution in [-0.2, 0) is 6.54 Å².